The van der Waals surface area contributed by atoms with Gasteiger partial charge in [0.1, 0.15) is 23.0 Å². The average molecular weight is 375 g/mol. The van der Waals surface area contributed by atoms with Crippen LogP contribution in [-0.4, -0.2) is 19.8 Å². The molecule has 0 aliphatic rings. The van der Waals surface area contributed by atoms with E-state index in [-0.39, 0.29) is 11.1 Å². The summed E-state index contributed by atoms with van der Waals surface area (Å²) in [6.45, 7) is 1.65. The van der Waals surface area contributed by atoms with E-state index < -0.39 is 5.91 Å². The lowest BCUT2D eigenvalue weighted by Crippen LogP contribution is -2.13. The van der Waals surface area contributed by atoms with Crippen LogP contribution < -0.4 is 5.32 Å². The van der Waals surface area contributed by atoms with Crippen molar-refractivity contribution >= 4 is 22.6 Å². The average Bonchev–Trinajstić information content (AvgIpc) is 3.41. The molecule has 8 heteroatoms. The predicted molar refractivity (Wildman–Crippen MR) is 101 cm³/mol. The highest BCUT2D eigenvalue weighted by molar-refractivity contribution is 7.10. The second kappa shape index (κ2) is 6.90. The topological polar surface area (TPSA) is 96.7 Å². The largest absolute Gasteiger partial charge is 0.443 e. The van der Waals surface area contributed by atoms with Gasteiger partial charge in [0.15, 0.2) is 5.82 Å². The maximum Gasteiger partial charge on any atom is 0.262 e. The van der Waals surface area contributed by atoms with Gasteiger partial charge in [0.25, 0.3) is 5.91 Å². The first-order chi connectivity index (χ1) is 13.2. The zero-order chi connectivity index (χ0) is 18.8. The van der Waals surface area contributed by atoms with E-state index in [4.69, 9.17) is 4.42 Å². The minimum Gasteiger partial charge on any atom is -0.443 e. The van der Waals surface area contributed by atoms with Crippen molar-refractivity contribution in [1.82, 2.24) is 13.9 Å². The molecule has 0 saturated heterocycles. The molecule has 0 atom stereocenters. The number of benzene rings is 1. The molecule has 4 rings (SSSR count). The molecule has 132 valence electrons. The van der Waals surface area contributed by atoms with Gasteiger partial charge in [-0.2, -0.15) is 14.6 Å². The van der Waals surface area contributed by atoms with Crippen molar-refractivity contribution in [3.63, 3.8) is 0 Å². The molecule has 0 aliphatic heterocycles. The van der Waals surface area contributed by atoms with Gasteiger partial charge in [0, 0.05) is 29.5 Å². The summed E-state index contributed by atoms with van der Waals surface area (Å²) < 4.78 is 11.6. The summed E-state index contributed by atoms with van der Waals surface area (Å²) in [5.74, 6) is 0.753. The van der Waals surface area contributed by atoms with Crippen LogP contribution in [0, 0.1) is 18.3 Å². The first kappa shape index (κ1) is 16.8. The number of rotatable bonds is 4. The maximum absolute atomic E-state index is 12.8. The number of aromatic nitrogens is 3. The number of nitrogens with one attached hydrogen (secondary N) is 1. The van der Waals surface area contributed by atoms with Crippen molar-refractivity contribution in [3.05, 3.63) is 71.7 Å². The van der Waals surface area contributed by atoms with E-state index in [1.165, 1.54) is 0 Å². The highest BCUT2D eigenvalue weighted by Gasteiger charge is 2.25. The predicted octanol–water partition coefficient (Wildman–Crippen LogP) is 4.02. The lowest BCUT2D eigenvalue weighted by molar-refractivity contribution is 0.102. The molecule has 1 amide bonds. The van der Waals surface area contributed by atoms with Gasteiger partial charge in [0.2, 0.25) is 11.0 Å². The smallest absolute Gasteiger partial charge is 0.262 e. The Kier molecular flexibility index (Phi) is 4.28. The molecule has 3 heterocycles. The summed E-state index contributed by atoms with van der Waals surface area (Å²) in [4.78, 5) is 17.1. The van der Waals surface area contributed by atoms with Gasteiger partial charge in [-0.1, -0.05) is 30.3 Å². The Balaban J connectivity index is 1.63. The molecule has 0 bridgehead atoms. The third-order valence-electron chi connectivity index (χ3n) is 3.92. The highest BCUT2D eigenvalue weighted by Crippen LogP contribution is 2.27. The maximum atomic E-state index is 12.8. The molecular weight excluding hydrogens is 362 g/mol. The van der Waals surface area contributed by atoms with Gasteiger partial charge < -0.3 is 4.42 Å². The minimum absolute atomic E-state index is 0.175. The van der Waals surface area contributed by atoms with Crippen molar-refractivity contribution in [1.29, 1.82) is 5.26 Å². The Morgan fingerprint density at radius 2 is 1.96 bits per heavy atom. The summed E-state index contributed by atoms with van der Waals surface area (Å²) in [5, 5.41) is 12.6. The summed E-state index contributed by atoms with van der Waals surface area (Å²) in [7, 11) is 0. The highest BCUT2D eigenvalue weighted by atomic mass is 32.1. The first-order valence-corrected chi connectivity index (χ1v) is 8.82. The standard InChI is InChI=1S/C19H13N5O2S/c1-12-15(14(11-20)18(26-12)24-9-5-6-10-24)17(25)22-19-21-16(23-27-19)13-7-3-2-4-8-13/h2-10H,1H3,(H,21,22,23,25). The Morgan fingerprint density at radius 1 is 1.22 bits per heavy atom. The third kappa shape index (κ3) is 3.12. The van der Waals surface area contributed by atoms with Crippen molar-refractivity contribution in [3.8, 4) is 23.3 Å². The van der Waals surface area contributed by atoms with Crippen LogP contribution in [0.2, 0.25) is 0 Å². The van der Waals surface area contributed by atoms with Crippen LogP contribution in [-0.2, 0) is 0 Å². The monoisotopic (exact) mass is 375 g/mol. The molecule has 1 N–H and O–H groups in total. The zero-order valence-corrected chi connectivity index (χ0v) is 15.0. The Bertz CT molecular complexity index is 1140. The fourth-order valence-corrected chi connectivity index (χ4v) is 3.28. The number of aryl methyl sites for hydroxylation is 1. The number of nitriles is 1. The lowest BCUT2D eigenvalue weighted by Gasteiger charge is -2.00. The molecule has 4 aromatic rings. The Labute approximate surface area is 158 Å². The van der Waals surface area contributed by atoms with Crippen LogP contribution in [0.5, 0.6) is 0 Å². The SMILES string of the molecule is Cc1oc(-n2cccc2)c(C#N)c1C(=O)Nc1nc(-c2ccccc2)ns1. The molecule has 0 saturated carbocycles. The molecular formula is C19H13N5O2S. The zero-order valence-electron chi connectivity index (χ0n) is 14.2. The first-order valence-electron chi connectivity index (χ1n) is 8.04. The van der Waals surface area contributed by atoms with Crippen LogP contribution in [0.4, 0.5) is 5.13 Å². The number of amides is 1. The summed E-state index contributed by atoms with van der Waals surface area (Å²) in [6, 6.07) is 15.2. The normalized spacial score (nSPS) is 10.5. The van der Waals surface area contributed by atoms with E-state index in [1.54, 1.807) is 23.9 Å². The number of carbonyl (C=O) groups is 1. The van der Waals surface area contributed by atoms with Crippen LogP contribution in [0.3, 0.4) is 0 Å². The summed E-state index contributed by atoms with van der Waals surface area (Å²) in [5.41, 5.74) is 1.23. The van der Waals surface area contributed by atoms with Crippen LogP contribution in [0.15, 0.2) is 59.3 Å². The molecule has 27 heavy (non-hydrogen) atoms. The van der Waals surface area contributed by atoms with Gasteiger partial charge in [0.05, 0.1) is 0 Å². The van der Waals surface area contributed by atoms with E-state index >= 15 is 0 Å². The second-order valence-electron chi connectivity index (χ2n) is 5.66. The molecule has 0 radical (unpaired) electrons. The van der Waals surface area contributed by atoms with Crippen molar-refractivity contribution in [2.45, 2.75) is 6.92 Å². The second-order valence-corrected chi connectivity index (χ2v) is 6.41. The number of carbonyl (C=O) groups excluding carboxylic acids is 1. The quantitative estimate of drug-likeness (QED) is 0.581. The summed E-state index contributed by atoms with van der Waals surface area (Å²) >= 11 is 1.08. The van der Waals surface area contributed by atoms with E-state index in [0.29, 0.717) is 22.6 Å². The Hall–Kier alpha value is -3.70. The van der Waals surface area contributed by atoms with E-state index in [1.807, 2.05) is 42.5 Å². The van der Waals surface area contributed by atoms with Crippen molar-refractivity contribution < 1.29 is 9.21 Å². The van der Waals surface area contributed by atoms with Crippen molar-refractivity contribution in [2.75, 3.05) is 5.32 Å². The number of nitrogens with zero attached hydrogens (tertiary/aromatic N) is 4. The molecule has 0 unspecified atom stereocenters. The number of hydrogen-bond donors (Lipinski definition) is 1. The van der Waals surface area contributed by atoms with Gasteiger partial charge >= 0.3 is 0 Å². The van der Waals surface area contributed by atoms with Crippen LogP contribution in [0.25, 0.3) is 17.3 Å². The van der Waals surface area contributed by atoms with Crippen LogP contribution >= 0.6 is 11.5 Å². The van der Waals surface area contributed by atoms with E-state index in [2.05, 4.69) is 20.7 Å². The minimum atomic E-state index is -0.457. The van der Waals surface area contributed by atoms with Crippen molar-refractivity contribution in [2.24, 2.45) is 0 Å². The molecule has 0 fully saturated rings. The Morgan fingerprint density at radius 3 is 2.67 bits per heavy atom. The molecule has 0 aliphatic carbocycles. The fraction of sp³-hybridized carbons (Fsp3) is 0.0526. The molecule has 1 aromatic carbocycles. The van der Waals surface area contributed by atoms with Gasteiger partial charge in [-0.15, -0.1) is 0 Å². The number of anilines is 1. The van der Waals surface area contributed by atoms with Gasteiger partial charge in [-0.25, -0.2) is 0 Å². The molecule has 0 spiro atoms. The van der Waals surface area contributed by atoms with E-state index in [9.17, 15) is 10.1 Å². The summed E-state index contributed by atoms with van der Waals surface area (Å²) in [6.07, 6.45) is 3.50. The fourth-order valence-electron chi connectivity index (χ4n) is 2.70. The van der Waals surface area contributed by atoms with E-state index in [0.717, 1.165) is 17.1 Å². The molecule has 3 aromatic heterocycles. The van der Waals surface area contributed by atoms with Gasteiger partial charge in [-0.05, 0) is 19.1 Å². The van der Waals surface area contributed by atoms with Crippen LogP contribution in [0.1, 0.15) is 21.7 Å². The number of hydrogen-bond acceptors (Lipinski definition) is 6. The lowest BCUT2D eigenvalue weighted by atomic mass is 10.1. The molecule has 7 nitrogen and oxygen atoms in total. The third-order valence-corrected chi connectivity index (χ3v) is 4.55. The van der Waals surface area contributed by atoms with Gasteiger partial charge in [-0.3, -0.25) is 14.7 Å². The number of furan rings is 1.